The predicted octanol–water partition coefficient (Wildman–Crippen LogP) is 1.93. The van der Waals surface area contributed by atoms with E-state index < -0.39 is 17.5 Å². The number of carbonyl (C=O) groups is 1. The first-order valence-electron chi connectivity index (χ1n) is 8.20. The molecule has 0 saturated carbocycles. The first kappa shape index (κ1) is 18.2. The summed E-state index contributed by atoms with van der Waals surface area (Å²) in [6, 6.07) is 10.4. The molecular weight excluding hydrogens is 352 g/mol. The lowest BCUT2D eigenvalue weighted by atomic mass is 10.1. The van der Waals surface area contributed by atoms with Crippen molar-refractivity contribution in [3.63, 3.8) is 0 Å². The van der Waals surface area contributed by atoms with E-state index in [4.69, 9.17) is 11.5 Å². The molecule has 1 heterocycles. The number of benzene rings is 2. The molecule has 0 aliphatic carbocycles. The van der Waals surface area contributed by atoms with Crippen molar-refractivity contribution in [2.75, 3.05) is 11.1 Å². The molecule has 3 rings (SSSR count). The molecule has 6 nitrogen and oxygen atoms in total. The highest BCUT2D eigenvalue weighted by atomic mass is 19.1. The average molecular weight is 371 g/mol. The molecule has 0 bridgehead atoms. The van der Waals surface area contributed by atoms with Crippen molar-refractivity contribution in [3.05, 3.63) is 83.2 Å². The van der Waals surface area contributed by atoms with Gasteiger partial charge < -0.3 is 27.4 Å². The zero-order valence-corrected chi connectivity index (χ0v) is 14.3. The lowest BCUT2D eigenvalue weighted by molar-refractivity contribution is -0.114. The first-order chi connectivity index (χ1) is 12.9. The Bertz CT molecular complexity index is 889. The third-order valence-corrected chi connectivity index (χ3v) is 3.93. The summed E-state index contributed by atoms with van der Waals surface area (Å²) in [5.41, 5.74) is 13.6. The Labute approximate surface area is 154 Å². The molecule has 140 valence electrons. The van der Waals surface area contributed by atoms with Crippen molar-refractivity contribution >= 4 is 17.3 Å². The topological polar surface area (TPSA) is 105 Å². The van der Waals surface area contributed by atoms with Gasteiger partial charge in [-0.15, -0.1) is 0 Å². The molecule has 1 atom stereocenters. The fourth-order valence-electron chi connectivity index (χ4n) is 2.67. The van der Waals surface area contributed by atoms with E-state index in [1.165, 1.54) is 18.3 Å². The van der Waals surface area contributed by atoms with Crippen molar-refractivity contribution in [2.24, 2.45) is 5.73 Å². The molecule has 2 aromatic carbocycles. The number of nitrogens with one attached hydrogen (secondary N) is 3. The molecule has 27 heavy (non-hydrogen) atoms. The van der Waals surface area contributed by atoms with Gasteiger partial charge in [-0.1, -0.05) is 0 Å². The van der Waals surface area contributed by atoms with Crippen LogP contribution in [0.5, 0.6) is 0 Å². The number of nitrogens with two attached hydrogens (primary N) is 2. The highest BCUT2D eigenvalue weighted by Crippen LogP contribution is 2.17. The second kappa shape index (κ2) is 7.77. The summed E-state index contributed by atoms with van der Waals surface area (Å²) in [6.45, 7) is 0.125. The Kier molecular flexibility index (Phi) is 5.25. The Morgan fingerprint density at radius 1 is 1.11 bits per heavy atom. The van der Waals surface area contributed by atoms with Gasteiger partial charge in [-0.05, 0) is 48.0 Å². The molecule has 0 spiro atoms. The van der Waals surface area contributed by atoms with Gasteiger partial charge in [0, 0.05) is 35.9 Å². The molecule has 0 saturated heterocycles. The van der Waals surface area contributed by atoms with Crippen LogP contribution in [-0.2, 0) is 11.3 Å². The maximum absolute atomic E-state index is 13.3. The molecule has 1 aliphatic rings. The summed E-state index contributed by atoms with van der Waals surface area (Å²) in [5.74, 6) is -1.96. The second-order valence-electron chi connectivity index (χ2n) is 6.04. The van der Waals surface area contributed by atoms with Crippen LogP contribution in [0.4, 0.5) is 20.2 Å². The number of hydrogen-bond donors (Lipinski definition) is 5. The molecular formula is C19H19F2N5O. The van der Waals surface area contributed by atoms with E-state index in [1.54, 1.807) is 18.2 Å². The number of primary amides is 1. The van der Waals surface area contributed by atoms with Gasteiger partial charge in [-0.2, -0.15) is 0 Å². The highest BCUT2D eigenvalue weighted by molar-refractivity contribution is 5.96. The van der Waals surface area contributed by atoms with E-state index >= 15 is 0 Å². The number of rotatable bonds is 6. The van der Waals surface area contributed by atoms with Crippen LogP contribution in [0.15, 0.2) is 66.0 Å². The van der Waals surface area contributed by atoms with Gasteiger partial charge in [-0.25, -0.2) is 8.78 Å². The summed E-state index contributed by atoms with van der Waals surface area (Å²) >= 11 is 0. The van der Waals surface area contributed by atoms with Crippen LogP contribution < -0.4 is 27.4 Å². The molecule has 1 amide bonds. The van der Waals surface area contributed by atoms with Gasteiger partial charge >= 0.3 is 0 Å². The second-order valence-corrected chi connectivity index (χ2v) is 6.04. The fraction of sp³-hybridized carbons (Fsp3) is 0.105. The summed E-state index contributed by atoms with van der Waals surface area (Å²) < 4.78 is 26.7. The van der Waals surface area contributed by atoms with Gasteiger partial charge in [0.05, 0.1) is 5.57 Å². The van der Waals surface area contributed by atoms with Crippen molar-refractivity contribution in [1.82, 2.24) is 10.6 Å². The number of amides is 1. The van der Waals surface area contributed by atoms with Crippen LogP contribution in [0.25, 0.3) is 0 Å². The minimum absolute atomic E-state index is 0.125. The van der Waals surface area contributed by atoms with Crippen LogP contribution in [0.3, 0.4) is 0 Å². The third-order valence-electron chi connectivity index (χ3n) is 3.93. The molecule has 7 N–H and O–H groups in total. The van der Waals surface area contributed by atoms with Gasteiger partial charge in [-0.3, -0.25) is 4.79 Å². The van der Waals surface area contributed by atoms with Crippen molar-refractivity contribution in [2.45, 2.75) is 12.7 Å². The summed E-state index contributed by atoms with van der Waals surface area (Å²) in [6.07, 6.45) is 2.89. The van der Waals surface area contributed by atoms with Crippen LogP contribution in [0, 0.1) is 11.6 Å². The fourth-order valence-corrected chi connectivity index (χ4v) is 2.67. The monoisotopic (exact) mass is 371 g/mol. The van der Waals surface area contributed by atoms with Crippen molar-refractivity contribution in [3.8, 4) is 0 Å². The number of dihydropyridines is 1. The van der Waals surface area contributed by atoms with E-state index in [9.17, 15) is 13.6 Å². The molecule has 0 radical (unpaired) electrons. The van der Waals surface area contributed by atoms with Crippen molar-refractivity contribution < 1.29 is 13.6 Å². The molecule has 0 fully saturated rings. The zero-order valence-electron chi connectivity index (χ0n) is 14.3. The Morgan fingerprint density at radius 2 is 1.78 bits per heavy atom. The normalized spacial score (nSPS) is 16.0. The predicted molar refractivity (Wildman–Crippen MR) is 100.0 cm³/mol. The van der Waals surface area contributed by atoms with Gasteiger partial charge in [0.1, 0.15) is 17.8 Å². The first-order valence-corrected chi connectivity index (χ1v) is 8.20. The number of hydrogen-bond acceptors (Lipinski definition) is 5. The third kappa shape index (κ3) is 4.75. The van der Waals surface area contributed by atoms with Gasteiger partial charge in [0.15, 0.2) is 0 Å². The van der Waals surface area contributed by atoms with E-state index in [-0.39, 0.29) is 18.3 Å². The molecule has 8 heteroatoms. The van der Waals surface area contributed by atoms with Crippen LogP contribution in [-0.4, -0.2) is 12.1 Å². The van der Waals surface area contributed by atoms with Crippen LogP contribution in [0.1, 0.15) is 5.56 Å². The van der Waals surface area contributed by atoms with E-state index in [0.717, 1.165) is 11.8 Å². The maximum Gasteiger partial charge on any atom is 0.252 e. The molecule has 2 aromatic rings. The Morgan fingerprint density at radius 3 is 2.41 bits per heavy atom. The van der Waals surface area contributed by atoms with Crippen LogP contribution >= 0.6 is 0 Å². The van der Waals surface area contributed by atoms with E-state index in [2.05, 4.69) is 16.0 Å². The van der Waals surface area contributed by atoms with E-state index in [1.807, 2.05) is 12.1 Å². The highest BCUT2D eigenvalue weighted by Gasteiger charge is 2.19. The molecule has 0 aromatic heterocycles. The number of nitrogen functional groups attached to an aromatic ring is 1. The van der Waals surface area contributed by atoms with Crippen LogP contribution in [0.2, 0.25) is 0 Å². The SMILES string of the molecule is NC(=O)C1=CNC(Nc2ccc(N)cc2)C=C1NCc1cc(F)cc(F)c1. The Hall–Kier alpha value is -3.55. The number of halogens is 2. The quantitative estimate of drug-likeness (QED) is 0.499. The lowest BCUT2D eigenvalue weighted by Gasteiger charge is -2.25. The van der Waals surface area contributed by atoms with Gasteiger partial charge in [0.2, 0.25) is 0 Å². The smallest absolute Gasteiger partial charge is 0.252 e. The maximum atomic E-state index is 13.3. The minimum Gasteiger partial charge on any atom is -0.399 e. The lowest BCUT2D eigenvalue weighted by Crippen LogP contribution is -2.38. The van der Waals surface area contributed by atoms with Gasteiger partial charge in [0.25, 0.3) is 5.91 Å². The number of carbonyl (C=O) groups excluding carboxylic acids is 1. The Balaban J connectivity index is 1.75. The summed E-state index contributed by atoms with van der Waals surface area (Å²) in [4.78, 5) is 11.7. The average Bonchev–Trinajstić information content (AvgIpc) is 2.61. The summed E-state index contributed by atoms with van der Waals surface area (Å²) in [7, 11) is 0. The van der Waals surface area contributed by atoms with Crippen molar-refractivity contribution in [1.29, 1.82) is 0 Å². The molecule has 1 aliphatic heterocycles. The zero-order chi connectivity index (χ0) is 19.4. The minimum atomic E-state index is -0.667. The standard InChI is InChI=1S/C19H19F2N5O/c20-12-5-11(6-13(21)7-12)9-24-17-8-18(25-10-16(17)19(23)27)26-15-3-1-14(22)2-4-15/h1-8,10,18,24-26H,9,22H2,(H2,23,27). The summed E-state index contributed by atoms with van der Waals surface area (Å²) in [5, 5.41) is 9.24. The molecule has 1 unspecified atom stereocenters. The largest absolute Gasteiger partial charge is 0.399 e. The number of anilines is 2. The van der Waals surface area contributed by atoms with E-state index in [0.29, 0.717) is 16.9 Å².